The second-order valence-corrected chi connectivity index (χ2v) is 5.74. The average molecular weight is 181 g/mol. The molecular formula is C11H19NO. The van der Waals surface area contributed by atoms with Crippen molar-refractivity contribution >= 4 is 5.78 Å². The molecular weight excluding hydrogens is 162 g/mol. The van der Waals surface area contributed by atoms with Gasteiger partial charge in [-0.1, -0.05) is 0 Å². The molecule has 74 valence electrons. The molecule has 2 fully saturated rings. The van der Waals surface area contributed by atoms with Crippen LogP contribution in [0.25, 0.3) is 0 Å². The highest BCUT2D eigenvalue weighted by Crippen LogP contribution is 2.46. The first-order valence-corrected chi connectivity index (χ1v) is 5.18. The van der Waals surface area contributed by atoms with E-state index in [0.29, 0.717) is 11.2 Å². The number of rotatable bonds is 0. The summed E-state index contributed by atoms with van der Waals surface area (Å²) >= 11 is 0. The van der Waals surface area contributed by atoms with Gasteiger partial charge >= 0.3 is 0 Å². The Hall–Kier alpha value is -0.370. The third-order valence-electron chi connectivity index (χ3n) is 3.51. The molecule has 0 radical (unpaired) electrons. The second-order valence-electron chi connectivity index (χ2n) is 5.74. The van der Waals surface area contributed by atoms with Gasteiger partial charge in [0.1, 0.15) is 5.78 Å². The third-order valence-corrected chi connectivity index (χ3v) is 3.51. The van der Waals surface area contributed by atoms with Crippen molar-refractivity contribution < 1.29 is 4.79 Å². The van der Waals surface area contributed by atoms with Crippen molar-refractivity contribution in [3.05, 3.63) is 0 Å². The van der Waals surface area contributed by atoms with E-state index >= 15 is 0 Å². The molecule has 13 heavy (non-hydrogen) atoms. The maximum atomic E-state index is 11.2. The number of hydrogen-bond acceptors (Lipinski definition) is 2. The molecule has 1 heterocycles. The van der Waals surface area contributed by atoms with E-state index in [4.69, 9.17) is 0 Å². The number of likely N-dealkylation sites (tertiary alicyclic amines) is 1. The molecule has 1 saturated heterocycles. The fourth-order valence-corrected chi connectivity index (χ4v) is 2.51. The Morgan fingerprint density at radius 1 is 1.31 bits per heavy atom. The van der Waals surface area contributed by atoms with E-state index in [0.717, 1.165) is 32.4 Å². The summed E-state index contributed by atoms with van der Waals surface area (Å²) in [5.41, 5.74) is 0.682. The van der Waals surface area contributed by atoms with Crippen molar-refractivity contribution in [2.24, 2.45) is 5.41 Å². The summed E-state index contributed by atoms with van der Waals surface area (Å²) < 4.78 is 0. The van der Waals surface area contributed by atoms with E-state index in [9.17, 15) is 4.79 Å². The zero-order valence-electron chi connectivity index (χ0n) is 8.89. The van der Waals surface area contributed by atoms with Crippen LogP contribution in [0.4, 0.5) is 0 Å². The van der Waals surface area contributed by atoms with Crippen molar-refractivity contribution in [2.45, 2.75) is 45.6 Å². The van der Waals surface area contributed by atoms with Crippen LogP contribution in [0.15, 0.2) is 0 Å². The number of carbonyl (C=O) groups is 1. The summed E-state index contributed by atoms with van der Waals surface area (Å²) in [7, 11) is 0. The van der Waals surface area contributed by atoms with Gasteiger partial charge in [-0.3, -0.25) is 9.69 Å². The molecule has 2 rings (SSSR count). The Kier molecular flexibility index (Phi) is 1.82. The van der Waals surface area contributed by atoms with E-state index in [1.54, 1.807) is 0 Å². The lowest BCUT2D eigenvalue weighted by molar-refractivity contribution is -0.120. The van der Waals surface area contributed by atoms with Gasteiger partial charge in [-0.15, -0.1) is 0 Å². The summed E-state index contributed by atoms with van der Waals surface area (Å²) in [6.45, 7) is 9.02. The molecule has 0 aromatic carbocycles. The number of nitrogens with zero attached hydrogens (tertiary/aromatic N) is 1. The molecule has 0 unspecified atom stereocenters. The Bertz CT molecular complexity index is 233. The first kappa shape index (κ1) is 9.20. The molecule has 1 aliphatic carbocycles. The molecule has 0 N–H and O–H groups in total. The highest BCUT2D eigenvalue weighted by molar-refractivity contribution is 5.81. The van der Waals surface area contributed by atoms with Crippen LogP contribution < -0.4 is 0 Å². The topological polar surface area (TPSA) is 20.3 Å². The second kappa shape index (κ2) is 2.57. The van der Waals surface area contributed by atoms with Gasteiger partial charge in [0.2, 0.25) is 0 Å². The fourth-order valence-electron chi connectivity index (χ4n) is 2.51. The molecule has 0 bridgehead atoms. The number of ketones is 1. The summed E-state index contributed by atoms with van der Waals surface area (Å²) in [6.07, 6.45) is 2.82. The Morgan fingerprint density at radius 2 is 1.92 bits per heavy atom. The van der Waals surface area contributed by atoms with Crippen molar-refractivity contribution in [2.75, 3.05) is 13.1 Å². The van der Waals surface area contributed by atoms with Crippen molar-refractivity contribution in [3.8, 4) is 0 Å². The summed E-state index contributed by atoms with van der Waals surface area (Å²) in [4.78, 5) is 13.7. The van der Waals surface area contributed by atoms with Crippen molar-refractivity contribution in [1.29, 1.82) is 0 Å². The number of hydrogen-bond donors (Lipinski definition) is 0. The zero-order chi connectivity index (χ0) is 9.69. The van der Waals surface area contributed by atoms with E-state index in [1.165, 1.54) is 0 Å². The molecule has 2 heteroatoms. The Labute approximate surface area is 80.3 Å². The van der Waals surface area contributed by atoms with Crippen LogP contribution in [-0.4, -0.2) is 29.3 Å². The normalized spacial score (nSPS) is 28.1. The van der Waals surface area contributed by atoms with Gasteiger partial charge < -0.3 is 0 Å². The van der Waals surface area contributed by atoms with E-state index in [-0.39, 0.29) is 5.54 Å². The lowest BCUT2D eigenvalue weighted by Gasteiger charge is -2.54. The van der Waals surface area contributed by atoms with E-state index in [1.807, 2.05) is 0 Å². The molecule has 2 aliphatic rings. The van der Waals surface area contributed by atoms with Crippen LogP contribution in [0.1, 0.15) is 40.0 Å². The summed E-state index contributed by atoms with van der Waals surface area (Å²) in [5, 5.41) is 0. The molecule has 0 aromatic rings. The number of carbonyl (C=O) groups excluding carboxylic acids is 1. The monoisotopic (exact) mass is 181 g/mol. The highest BCUT2D eigenvalue weighted by atomic mass is 16.1. The standard InChI is InChI=1S/C11H19NO/c1-10(2,3)12-7-11(8-12)5-4-9(13)6-11/h4-8H2,1-3H3. The maximum absolute atomic E-state index is 11.2. The van der Waals surface area contributed by atoms with Crippen LogP contribution in [0.3, 0.4) is 0 Å². The minimum absolute atomic E-state index is 0.289. The molecule has 0 amide bonds. The largest absolute Gasteiger partial charge is 0.300 e. The quantitative estimate of drug-likeness (QED) is 0.568. The maximum Gasteiger partial charge on any atom is 0.133 e. The van der Waals surface area contributed by atoms with Gasteiger partial charge in [-0.2, -0.15) is 0 Å². The van der Waals surface area contributed by atoms with Gasteiger partial charge in [0, 0.05) is 36.9 Å². The highest BCUT2D eigenvalue weighted by Gasteiger charge is 2.50. The summed E-state index contributed by atoms with van der Waals surface area (Å²) in [6, 6.07) is 0. The molecule has 1 aliphatic heterocycles. The predicted octanol–water partition coefficient (Wildman–Crippen LogP) is 1.84. The minimum atomic E-state index is 0.289. The van der Waals surface area contributed by atoms with Gasteiger partial charge in [0.15, 0.2) is 0 Å². The Balaban J connectivity index is 1.94. The van der Waals surface area contributed by atoms with E-state index in [2.05, 4.69) is 25.7 Å². The van der Waals surface area contributed by atoms with Crippen LogP contribution in [0, 0.1) is 5.41 Å². The first-order valence-electron chi connectivity index (χ1n) is 5.18. The van der Waals surface area contributed by atoms with Crippen LogP contribution in [-0.2, 0) is 4.79 Å². The lowest BCUT2D eigenvalue weighted by Crippen LogP contribution is -2.61. The molecule has 0 atom stereocenters. The molecule has 2 nitrogen and oxygen atoms in total. The van der Waals surface area contributed by atoms with Gasteiger partial charge in [0.25, 0.3) is 0 Å². The molecule has 0 aromatic heterocycles. The lowest BCUT2D eigenvalue weighted by atomic mass is 9.76. The van der Waals surface area contributed by atoms with Gasteiger partial charge in [0.05, 0.1) is 0 Å². The SMILES string of the molecule is CC(C)(C)N1CC2(CCC(=O)C2)C1. The smallest absolute Gasteiger partial charge is 0.133 e. The van der Waals surface area contributed by atoms with Gasteiger partial charge in [-0.25, -0.2) is 0 Å². The minimum Gasteiger partial charge on any atom is -0.300 e. The van der Waals surface area contributed by atoms with E-state index < -0.39 is 0 Å². The molecule has 1 saturated carbocycles. The summed E-state index contributed by atoms with van der Waals surface area (Å²) in [5.74, 6) is 0.480. The first-order chi connectivity index (χ1) is 5.91. The average Bonchev–Trinajstić information content (AvgIpc) is 2.25. The zero-order valence-corrected chi connectivity index (χ0v) is 8.89. The molecule has 1 spiro atoms. The van der Waals surface area contributed by atoms with Crippen LogP contribution >= 0.6 is 0 Å². The number of Topliss-reactive ketones (excluding diaryl/α,β-unsaturated/α-hetero) is 1. The van der Waals surface area contributed by atoms with Crippen LogP contribution in [0.5, 0.6) is 0 Å². The fraction of sp³-hybridized carbons (Fsp3) is 0.909. The van der Waals surface area contributed by atoms with Gasteiger partial charge in [-0.05, 0) is 27.2 Å². The third kappa shape index (κ3) is 1.52. The Morgan fingerprint density at radius 3 is 2.31 bits per heavy atom. The van der Waals surface area contributed by atoms with Crippen molar-refractivity contribution in [1.82, 2.24) is 4.90 Å². The van der Waals surface area contributed by atoms with Crippen LogP contribution in [0.2, 0.25) is 0 Å². The predicted molar refractivity (Wildman–Crippen MR) is 52.6 cm³/mol. The van der Waals surface area contributed by atoms with Crippen molar-refractivity contribution in [3.63, 3.8) is 0 Å².